The molecule has 1 aliphatic heterocycles. The number of aryl methyl sites for hydroxylation is 1. The van der Waals surface area contributed by atoms with E-state index in [2.05, 4.69) is 16.4 Å². The zero-order valence-electron chi connectivity index (χ0n) is 15.0. The van der Waals surface area contributed by atoms with Gasteiger partial charge in [-0.15, -0.1) is 11.6 Å². The smallest absolute Gasteiger partial charge is 0.261 e. The highest BCUT2D eigenvalue weighted by Crippen LogP contribution is 2.33. The third-order valence-corrected chi connectivity index (χ3v) is 5.37. The molecule has 0 saturated carbocycles. The highest BCUT2D eigenvalue weighted by molar-refractivity contribution is 6.19. The van der Waals surface area contributed by atoms with Gasteiger partial charge in [-0.05, 0) is 36.2 Å². The predicted molar refractivity (Wildman–Crippen MR) is 111 cm³/mol. The number of carbonyl (C=O) groups is 1. The molecule has 6 nitrogen and oxygen atoms in total. The number of anilines is 1. The number of hydrogen-bond donors (Lipinski definition) is 2. The average molecular weight is 393 g/mol. The fraction of sp³-hybridized carbons (Fsp3) is 0.190. The van der Waals surface area contributed by atoms with Crippen molar-refractivity contribution in [3.8, 4) is 11.5 Å². The van der Waals surface area contributed by atoms with Crippen LogP contribution in [0.2, 0.25) is 0 Å². The van der Waals surface area contributed by atoms with Gasteiger partial charge >= 0.3 is 0 Å². The molecule has 5 rings (SSSR count). The number of aromatic amines is 1. The fourth-order valence-corrected chi connectivity index (χ4v) is 4.05. The van der Waals surface area contributed by atoms with Crippen LogP contribution in [0.5, 0.6) is 0 Å². The molecule has 0 saturated heterocycles. The first-order chi connectivity index (χ1) is 13.7. The summed E-state index contributed by atoms with van der Waals surface area (Å²) in [5, 5.41) is 4.44. The Balaban J connectivity index is 1.66. The molecule has 0 atom stereocenters. The van der Waals surface area contributed by atoms with Crippen LogP contribution in [-0.2, 0) is 17.8 Å². The molecule has 0 spiro atoms. The van der Waals surface area contributed by atoms with Gasteiger partial charge < -0.3 is 10.3 Å². The third kappa shape index (κ3) is 2.60. The van der Waals surface area contributed by atoms with E-state index in [-0.39, 0.29) is 23.8 Å². The summed E-state index contributed by atoms with van der Waals surface area (Å²) >= 11 is 5.61. The second-order valence-electron chi connectivity index (χ2n) is 6.89. The van der Waals surface area contributed by atoms with E-state index in [0.717, 1.165) is 17.6 Å². The Morgan fingerprint density at radius 3 is 2.93 bits per heavy atom. The van der Waals surface area contributed by atoms with E-state index in [1.807, 2.05) is 18.2 Å². The number of hydrogen-bond acceptors (Lipinski definition) is 3. The van der Waals surface area contributed by atoms with Crippen LogP contribution in [-0.4, -0.2) is 26.3 Å². The minimum absolute atomic E-state index is 0.0993. The number of amides is 1. The molecule has 1 amide bonds. The lowest BCUT2D eigenvalue weighted by Crippen LogP contribution is -2.27. The molecule has 0 aliphatic carbocycles. The fourth-order valence-electron chi connectivity index (χ4n) is 3.88. The number of para-hydroxylation sites is 1. The Bertz CT molecular complexity index is 1310. The van der Waals surface area contributed by atoms with Crippen molar-refractivity contribution in [2.75, 3.05) is 11.2 Å². The van der Waals surface area contributed by atoms with E-state index >= 15 is 0 Å². The predicted octanol–water partition coefficient (Wildman–Crippen LogP) is 3.67. The summed E-state index contributed by atoms with van der Waals surface area (Å²) in [6.07, 6.45) is 0.996. The maximum atomic E-state index is 13.1. The standard InChI is InChI=1S/C21H17ClN4O2/c22-9-7-18(27)23-12-5-6-17-15(11-12)21(28)26-10-8-14-13-3-1-2-4-16(13)24-19(14)20(26)25-17/h1-6,11,24H,7-10H2,(H,23,27). The zero-order valence-corrected chi connectivity index (χ0v) is 15.7. The normalized spacial score (nSPS) is 12.8. The van der Waals surface area contributed by atoms with Crippen LogP contribution in [0.15, 0.2) is 47.3 Å². The summed E-state index contributed by atoms with van der Waals surface area (Å²) < 4.78 is 1.71. The van der Waals surface area contributed by atoms with E-state index < -0.39 is 0 Å². The molecule has 4 aromatic rings. The number of rotatable bonds is 3. The summed E-state index contributed by atoms with van der Waals surface area (Å²) in [6, 6.07) is 13.3. The maximum absolute atomic E-state index is 13.1. The van der Waals surface area contributed by atoms with Gasteiger partial charge in [-0.2, -0.15) is 0 Å². The number of fused-ring (bicyclic) bond motifs is 6. The van der Waals surface area contributed by atoms with Gasteiger partial charge in [0.05, 0.1) is 16.6 Å². The van der Waals surface area contributed by atoms with Gasteiger partial charge in [0, 0.05) is 35.4 Å². The first-order valence-electron chi connectivity index (χ1n) is 9.16. The van der Waals surface area contributed by atoms with Crippen molar-refractivity contribution in [2.45, 2.75) is 19.4 Å². The third-order valence-electron chi connectivity index (χ3n) is 5.18. The van der Waals surface area contributed by atoms with Gasteiger partial charge in [-0.1, -0.05) is 18.2 Å². The molecule has 2 aromatic heterocycles. The summed E-state index contributed by atoms with van der Waals surface area (Å²) in [7, 11) is 0. The van der Waals surface area contributed by atoms with Crippen LogP contribution < -0.4 is 10.9 Å². The molecular formula is C21H17ClN4O2. The molecule has 0 radical (unpaired) electrons. The van der Waals surface area contributed by atoms with Gasteiger partial charge in [-0.3, -0.25) is 14.2 Å². The summed E-state index contributed by atoms with van der Waals surface area (Å²) in [6.45, 7) is 0.578. The minimum Gasteiger partial charge on any atom is -0.352 e. The number of nitrogens with zero attached hydrogens (tertiary/aromatic N) is 2. The largest absolute Gasteiger partial charge is 0.352 e. The first-order valence-corrected chi connectivity index (χ1v) is 9.69. The lowest BCUT2D eigenvalue weighted by molar-refractivity contribution is -0.115. The molecule has 7 heteroatoms. The monoisotopic (exact) mass is 392 g/mol. The number of carbonyl (C=O) groups excluding carboxylic acids is 1. The first kappa shape index (κ1) is 17.0. The number of benzene rings is 2. The SMILES string of the molecule is O=C(CCCl)Nc1ccc2nc3n(c(=O)c2c1)CCc1c-3[nH]c2ccccc12. The van der Waals surface area contributed by atoms with Crippen molar-refractivity contribution < 1.29 is 4.79 Å². The van der Waals surface area contributed by atoms with Crippen LogP contribution in [0.3, 0.4) is 0 Å². The van der Waals surface area contributed by atoms with Gasteiger partial charge in [0.25, 0.3) is 5.56 Å². The Labute approximate surface area is 165 Å². The number of aromatic nitrogens is 3. The van der Waals surface area contributed by atoms with Crippen molar-refractivity contribution in [2.24, 2.45) is 0 Å². The number of nitrogens with one attached hydrogen (secondary N) is 2. The quantitative estimate of drug-likeness (QED) is 0.522. The molecule has 1 aliphatic rings. The van der Waals surface area contributed by atoms with Crippen molar-refractivity contribution in [1.82, 2.24) is 14.5 Å². The van der Waals surface area contributed by atoms with E-state index in [1.54, 1.807) is 22.8 Å². The van der Waals surface area contributed by atoms with Gasteiger partial charge in [-0.25, -0.2) is 4.98 Å². The molecule has 0 bridgehead atoms. The molecule has 2 aromatic carbocycles. The lowest BCUT2D eigenvalue weighted by Gasteiger charge is -2.19. The van der Waals surface area contributed by atoms with Crippen LogP contribution in [0.1, 0.15) is 12.0 Å². The summed E-state index contributed by atoms with van der Waals surface area (Å²) in [5.74, 6) is 0.737. The Morgan fingerprint density at radius 2 is 2.07 bits per heavy atom. The Hall–Kier alpha value is -3.12. The number of halogens is 1. The van der Waals surface area contributed by atoms with Crippen LogP contribution >= 0.6 is 11.6 Å². The average Bonchev–Trinajstić information content (AvgIpc) is 3.08. The maximum Gasteiger partial charge on any atom is 0.261 e. The molecule has 2 N–H and O–H groups in total. The molecular weight excluding hydrogens is 376 g/mol. The second-order valence-corrected chi connectivity index (χ2v) is 7.26. The molecule has 0 unspecified atom stereocenters. The Morgan fingerprint density at radius 1 is 1.21 bits per heavy atom. The van der Waals surface area contributed by atoms with Crippen LogP contribution in [0, 0.1) is 0 Å². The number of H-pyrrole nitrogens is 1. The van der Waals surface area contributed by atoms with E-state index in [1.165, 1.54) is 10.9 Å². The lowest BCUT2D eigenvalue weighted by atomic mass is 10.0. The highest BCUT2D eigenvalue weighted by Gasteiger charge is 2.24. The van der Waals surface area contributed by atoms with Crippen molar-refractivity contribution in [1.29, 1.82) is 0 Å². The highest BCUT2D eigenvalue weighted by atomic mass is 35.5. The van der Waals surface area contributed by atoms with Gasteiger partial charge in [0.1, 0.15) is 0 Å². The van der Waals surface area contributed by atoms with E-state index in [4.69, 9.17) is 16.6 Å². The summed E-state index contributed by atoms with van der Waals surface area (Å²) in [5.41, 5.74) is 4.24. The molecule has 28 heavy (non-hydrogen) atoms. The molecule has 0 fully saturated rings. The van der Waals surface area contributed by atoms with Crippen molar-refractivity contribution >= 4 is 45.0 Å². The molecule has 140 valence electrons. The van der Waals surface area contributed by atoms with E-state index in [9.17, 15) is 9.59 Å². The van der Waals surface area contributed by atoms with Crippen molar-refractivity contribution in [3.63, 3.8) is 0 Å². The van der Waals surface area contributed by atoms with Gasteiger partial charge in [0.2, 0.25) is 5.91 Å². The van der Waals surface area contributed by atoms with Crippen molar-refractivity contribution in [3.05, 3.63) is 58.4 Å². The molecule has 3 heterocycles. The second kappa shape index (κ2) is 6.49. The van der Waals surface area contributed by atoms with Gasteiger partial charge in [0.15, 0.2) is 5.82 Å². The van der Waals surface area contributed by atoms with E-state index in [0.29, 0.717) is 29.0 Å². The Kier molecular flexibility index (Phi) is 3.94. The topological polar surface area (TPSA) is 79.8 Å². The summed E-state index contributed by atoms with van der Waals surface area (Å²) in [4.78, 5) is 33.1. The zero-order chi connectivity index (χ0) is 19.3. The van der Waals surface area contributed by atoms with Crippen LogP contribution in [0.4, 0.5) is 5.69 Å². The van der Waals surface area contributed by atoms with Crippen LogP contribution in [0.25, 0.3) is 33.3 Å². The minimum atomic E-state index is -0.178. The number of alkyl halides is 1.